The predicted octanol–water partition coefficient (Wildman–Crippen LogP) is 3.77. The second-order valence-electron chi connectivity index (χ2n) is 5.50. The van der Waals surface area contributed by atoms with Crippen LogP contribution in [0.15, 0.2) is 35.7 Å². The van der Waals surface area contributed by atoms with Gasteiger partial charge in [0.05, 0.1) is 11.5 Å². The van der Waals surface area contributed by atoms with Crippen molar-refractivity contribution in [2.45, 2.75) is 32.4 Å². The Labute approximate surface area is 132 Å². The van der Waals surface area contributed by atoms with E-state index in [2.05, 4.69) is 0 Å². The van der Waals surface area contributed by atoms with Crippen LogP contribution in [0.25, 0.3) is 0 Å². The standard InChI is InChI=1S/C16H16N2O3S/c1-11-4-5-12(9-15(11)18(20)21)16(19)17(13-6-7-13)10-14-3-2-8-22-14/h2-5,8-9,13H,6-7,10H2,1H3. The average molecular weight is 316 g/mol. The quantitative estimate of drug-likeness (QED) is 0.623. The highest BCUT2D eigenvalue weighted by molar-refractivity contribution is 7.09. The van der Waals surface area contributed by atoms with Crippen LogP contribution in [0.2, 0.25) is 0 Å². The summed E-state index contributed by atoms with van der Waals surface area (Å²) in [6.45, 7) is 2.25. The summed E-state index contributed by atoms with van der Waals surface area (Å²) in [6, 6.07) is 8.93. The lowest BCUT2D eigenvalue weighted by atomic mass is 10.1. The Morgan fingerprint density at radius 3 is 2.77 bits per heavy atom. The fourth-order valence-electron chi connectivity index (χ4n) is 2.43. The molecule has 2 aromatic rings. The number of hydrogen-bond donors (Lipinski definition) is 0. The molecule has 0 aliphatic heterocycles. The number of aryl methyl sites for hydroxylation is 1. The molecule has 6 heteroatoms. The van der Waals surface area contributed by atoms with Crippen molar-refractivity contribution in [2.75, 3.05) is 0 Å². The van der Waals surface area contributed by atoms with E-state index in [1.165, 1.54) is 6.07 Å². The smallest absolute Gasteiger partial charge is 0.273 e. The van der Waals surface area contributed by atoms with Gasteiger partial charge in [-0.05, 0) is 37.3 Å². The van der Waals surface area contributed by atoms with Crippen LogP contribution in [-0.4, -0.2) is 21.8 Å². The molecule has 0 saturated heterocycles. The van der Waals surface area contributed by atoms with Gasteiger partial charge in [-0.3, -0.25) is 14.9 Å². The number of nitro groups is 1. The molecule has 0 unspecified atom stereocenters. The lowest BCUT2D eigenvalue weighted by Crippen LogP contribution is -2.32. The van der Waals surface area contributed by atoms with Crippen LogP contribution in [0.1, 0.15) is 33.6 Å². The molecule has 1 aliphatic rings. The topological polar surface area (TPSA) is 63.5 Å². The van der Waals surface area contributed by atoms with Crippen molar-refractivity contribution in [3.05, 3.63) is 61.8 Å². The number of nitrogens with zero attached hydrogens (tertiary/aromatic N) is 2. The summed E-state index contributed by atoms with van der Waals surface area (Å²) >= 11 is 1.62. The first kappa shape index (κ1) is 14.7. The molecular weight excluding hydrogens is 300 g/mol. The van der Waals surface area contributed by atoms with E-state index in [9.17, 15) is 14.9 Å². The van der Waals surface area contributed by atoms with Gasteiger partial charge in [0.25, 0.3) is 11.6 Å². The van der Waals surface area contributed by atoms with Gasteiger partial charge in [0.1, 0.15) is 0 Å². The zero-order valence-electron chi connectivity index (χ0n) is 12.2. The van der Waals surface area contributed by atoms with Crippen LogP contribution in [-0.2, 0) is 6.54 Å². The van der Waals surface area contributed by atoms with Crippen molar-refractivity contribution in [1.82, 2.24) is 4.90 Å². The molecule has 1 fully saturated rings. The summed E-state index contributed by atoms with van der Waals surface area (Å²) in [5.41, 5.74) is 0.955. The summed E-state index contributed by atoms with van der Waals surface area (Å²) in [5.74, 6) is -0.126. The van der Waals surface area contributed by atoms with Crippen LogP contribution in [0.3, 0.4) is 0 Å². The van der Waals surface area contributed by atoms with E-state index in [1.54, 1.807) is 30.4 Å². The van der Waals surface area contributed by atoms with E-state index in [-0.39, 0.29) is 17.6 Å². The van der Waals surface area contributed by atoms with E-state index in [0.717, 1.165) is 17.7 Å². The summed E-state index contributed by atoms with van der Waals surface area (Å²) in [6.07, 6.45) is 2.01. The number of carbonyl (C=O) groups excluding carboxylic acids is 1. The van der Waals surface area contributed by atoms with Crippen LogP contribution < -0.4 is 0 Å². The van der Waals surface area contributed by atoms with Crippen molar-refractivity contribution in [1.29, 1.82) is 0 Å². The zero-order valence-corrected chi connectivity index (χ0v) is 13.0. The van der Waals surface area contributed by atoms with Crippen LogP contribution in [0.4, 0.5) is 5.69 Å². The molecule has 1 aromatic carbocycles. The maximum absolute atomic E-state index is 12.7. The predicted molar refractivity (Wildman–Crippen MR) is 85.0 cm³/mol. The fraction of sp³-hybridized carbons (Fsp3) is 0.312. The molecule has 0 atom stereocenters. The minimum absolute atomic E-state index is 0.00211. The minimum Gasteiger partial charge on any atom is -0.331 e. The molecule has 1 aliphatic carbocycles. The molecule has 1 amide bonds. The Kier molecular flexibility index (Phi) is 3.94. The van der Waals surface area contributed by atoms with Gasteiger partial charge in [-0.1, -0.05) is 12.1 Å². The molecule has 0 N–H and O–H groups in total. The van der Waals surface area contributed by atoms with Crippen molar-refractivity contribution >= 4 is 22.9 Å². The molecule has 1 saturated carbocycles. The van der Waals surface area contributed by atoms with Crippen molar-refractivity contribution in [2.24, 2.45) is 0 Å². The van der Waals surface area contributed by atoms with Gasteiger partial charge in [-0.25, -0.2) is 0 Å². The Hall–Kier alpha value is -2.21. The molecule has 0 radical (unpaired) electrons. The number of carbonyl (C=O) groups is 1. The van der Waals surface area contributed by atoms with Gasteiger partial charge in [-0.2, -0.15) is 0 Å². The first-order chi connectivity index (χ1) is 10.6. The lowest BCUT2D eigenvalue weighted by molar-refractivity contribution is -0.385. The monoisotopic (exact) mass is 316 g/mol. The average Bonchev–Trinajstić information content (AvgIpc) is 3.21. The van der Waals surface area contributed by atoms with Gasteiger partial charge in [0.2, 0.25) is 0 Å². The number of nitro benzene ring substituents is 1. The summed E-state index contributed by atoms with van der Waals surface area (Å²) in [5, 5.41) is 13.0. The van der Waals surface area contributed by atoms with Gasteiger partial charge in [-0.15, -0.1) is 11.3 Å². The SMILES string of the molecule is Cc1ccc(C(=O)N(Cc2cccs2)C2CC2)cc1[N+](=O)[O-]. The molecule has 0 spiro atoms. The normalized spacial score (nSPS) is 13.9. The van der Waals surface area contributed by atoms with Gasteiger partial charge in [0, 0.05) is 28.1 Å². The van der Waals surface area contributed by atoms with E-state index in [1.807, 2.05) is 22.4 Å². The Morgan fingerprint density at radius 2 is 2.18 bits per heavy atom. The van der Waals surface area contributed by atoms with Crippen molar-refractivity contribution in [3.63, 3.8) is 0 Å². The van der Waals surface area contributed by atoms with Crippen LogP contribution in [0.5, 0.6) is 0 Å². The minimum atomic E-state index is -0.438. The number of thiophene rings is 1. The van der Waals surface area contributed by atoms with E-state index >= 15 is 0 Å². The Bertz CT molecular complexity index is 708. The maximum Gasteiger partial charge on any atom is 0.273 e. The first-order valence-corrected chi connectivity index (χ1v) is 8.02. The molecule has 3 rings (SSSR count). The highest BCUT2D eigenvalue weighted by Gasteiger charge is 2.33. The summed E-state index contributed by atoms with van der Waals surface area (Å²) in [7, 11) is 0. The lowest BCUT2D eigenvalue weighted by Gasteiger charge is -2.22. The Morgan fingerprint density at radius 1 is 1.41 bits per heavy atom. The highest BCUT2D eigenvalue weighted by atomic mass is 32.1. The highest BCUT2D eigenvalue weighted by Crippen LogP contribution is 2.31. The van der Waals surface area contributed by atoms with Gasteiger partial charge < -0.3 is 4.90 Å². The second-order valence-corrected chi connectivity index (χ2v) is 6.53. The third-order valence-corrected chi connectivity index (χ3v) is 4.67. The number of amides is 1. The largest absolute Gasteiger partial charge is 0.331 e. The van der Waals surface area contributed by atoms with Crippen molar-refractivity contribution < 1.29 is 9.72 Å². The maximum atomic E-state index is 12.7. The fourth-order valence-corrected chi connectivity index (χ4v) is 3.13. The zero-order chi connectivity index (χ0) is 15.7. The van der Waals surface area contributed by atoms with Gasteiger partial charge >= 0.3 is 0 Å². The van der Waals surface area contributed by atoms with Gasteiger partial charge in [0.15, 0.2) is 0 Å². The van der Waals surface area contributed by atoms with E-state index in [0.29, 0.717) is 17.7 Å². The van der Waals surface area contributed by atoms with Crippen molar-refractivity contribution in [3.8, 4) is 0 Å². The van der Waals surface area contributed by atoms with Crippen LogP contribution >= 0.6 is 11.3 Å². The van der Waals surface area contributed by atoms with Crippen LogP contribution in [0, 0.1) is 17.0 Å². The first-order valence-electron chi connectivity index (χ1n) is 7.14. The Balaban J connectivity index is 1.87. The van der Waals surface area contributed by atoms with E-state index < -0.39 is 4.92 Å². The molecule has 114 valence electrons. The molecule has 1 heterocycles. The third-order valence-electron chi connectivity index (χ3n) is 3.81. The second kappa shape index (κ2) is 5.88. The third kappa shape index (κ3) is 3.01. The number of hydrogen-bond acceptors (Lipinski definition) is 4. The number of rotatable bonds is 5. The molecule has 22 heavy (non-hydrogen) atoms. The summed E-state index contributed by atoms with van der Waals surface area (Å²) < 4.78 is 0. The molecule has 5 nitrogen and oxygen atoms in total. The number of benzene rings is 1. The molecular formula is C16H16N2O3S. The van der Waals surface area contributed by atoms with E-state index in [4.69, 9.17) is 0 Å². The molecule has 0 bridgehead atoms. The molecule has 1 aromatic heterocycles. The summed E-state index contributed by atoms with van der Waals surface area (Å²) in [4.78, 5) is 26.3.